The zero-order chi connectivity index (χ0) is 15.1. The number of nitrogens with zero attached hydrogens (tertiary/aromatic N) is 1. The molecule has 0 fully saturated rings. The number of hydrogen-bond donors (Lipinski definition) is 3. The van der Waals surface area contributed by atoms with Gasteiger partial charge in [0.2, 0.25) is 5.91 Å². The van der Waals surface area contributed by atoms with Crippen molar-refractivity contribution in [2.24, 2.45) is 5.84 Å². The monoisotopic (exact) mass is 298 g/mol. The molecule has 6 nitrogen and oxygen atoms in total. The van der Waals surface area contributed by atoms with Crippen LogP contribution in [0.3, 0.4) is 0 Å². The first-order valence-corrected chi connectivity index (χ1v) is 7.36. The van der Waals surface area contributed by atoms with Crippen molar-refractivity contribution in [2.45, 2.75) is 26.8 Å². The van der Waals surface area contributed by atoms with E-state index in [0.717, 1.165) is 23.4 Å². The molecule has 1 rings (SSSR count). The Bertz CT molecular complexity index is 473. The number of aryl methyl sites for hydroxylation is 1. The van der Waals surface area contributed by atoms with Crippen molar-refractivity contribution in [1.82, 2.24) is 15.6 Å². The SMILES string of the molecule is CCCN(CC(=O)NC)Cc1cc(C(=O)NN)sc1C. The second kappa shape index (κ2) is 7.98. The number of nitrogens with two attached hydrogens (primary N) is 1. The van der Waals surface area contributed by atoms with Gasteiger partial charge in [0.1, 0.15) is 0 Å². The van der Waals surface area contributed by atoms with E-state index in [9.17, 15) is 9.59 Å². The highest BCUT2D eigenvalue weighted by Gasteiger charge is 2.15. The van der Waals surface area contributed by atoms with Gasteiger partial charge < -0.3 is 5.32 Å². The fraction of sp³-hybridized carbons (Fsp3) is 0.538. The fourth-order valence-electron chi connectivity index (χ4n) is 1.91. The molecular formula is C13H22N4O2S. The van der Waals surface area contributed by atoms with Crippen LogP contribution in [0.25, 0.3) is 0 Å². The lowest BCUT2D eigenvalue weighted by Crippen LogP contribution is -2.35. The molecule has 112 valence electrons. The van der Waals surface area contributed by atoms with Crippen LogP contribution >= 0.6 is 11.3 Å². The number of nitrogen functional groups attached to an aromatic ring is 1. The molecule has 1 aromatic heterocycles. The molecule has 20 heavy (non-hydrogen) atoms. The van der Waals surface area contributed by atoms with Crippen molar-refractivity contribution in [1.29, 1.82) is 0 Å². The molecule has 0 aliphatic carbocycles. The highest BCUT2D eigenvalue weighted by atomic mass is 32.1. The van der Waals surface area contributed by atoms with Crippen LogP contribution in [0.4, 0.5) is 0 Å². The third kappa shape index (κ3) is 4.59. The summed E-state index contributed by atoms with van der Waals surface area (Å²) in [5.74, 6) is 4.85. The van der Waals surface area contributed by atoms with Gasteiger partial charge in [-0.1, -0.05) is 6.92 Å². The lowest BCUT2D eigenvalue weighted by Gasteiger charge is -2.20. The van der Waals surface area contributed by atoms with Crippen LogP contribution in [0.1, 0.15) is 33.5 Å². The minimum atomic E-state index is -0.280. The first-order chi connectivity index (χ1) is 9.51. The van der Waals surface area contributed by atoms with E-state index in [4.69, 9.17) is 5.84 Å². The number of hydrazine groups is 1. The third-order valence-electron chi connectivity index (χ3n) is 2.96. The summed E-state index contributed by atoms with van der Waals surface area (Å²) in [7, 11) is 1.63. The van der Waals surface area contributed by atoms with E-state index in [1.165, 1.54) is 11.3 Å². The Balaban J connectivity index is 2.79. The Morgan fingerprint density at radius 3 is 2.70 bits per heavy atom. The van der Waals surface area contributed by atoms with Crippen molar-refractivity contribution in [2.75, 3.05) is 20.1 Å². The lowest BCUT2D eigenvalue weighted by atomic mass is 10.2. The average molecular weight is 298 g/mol. The zero-order valence-electron chi connectivity index (χ0n) is 12.2. The maximum absolute atomic E-state index is 11.5. The summed E-state index contributed by atoms with van der Waals surface area (Å²) in [5, 5.41) is 2.63. The van der Waals surface area contributed by atoms with Gasteiger partial charge in [-0.3, -0.25) is 19.9 Å². The number of carbonyl (C=O) groups is 2. The minimum absolute atomic E-state index is 0.00810. The van der Waals surface area contributed by atoms with Crippen LogP contribution < -0.4 is 16.6 Å². The van der Waals surface area contributed by atoms with Crippen molar-refractivity contribution in [3.05, 3.63) is 21.4 Å². The smallest absolute Gasteiger partial charge is 0.275 e. The normalized spacial score (nSPS) is 10.7. The Morgan fingerprint density at radius 2 is 2.15 bits per heavy atom. The number of carbonyl (C=O) groups excluding carboxylic acids is 2. The van der Waals surface area contributed by atoms with E-state index in [1.54, 1.807) is 7.05 Å². The molecule has 7 heteroatoms. The molecule has 0 aliphatic rings. The summed E-state index contributed by atoms with van der Waals surface area (Å²) in [6.45, 7) is 5.89. The Morgan fingerprint density at radius 1 is 1.45 bits per heavy atom. The lowest BCUT2D eigenvalue weighted by molar-refractivity contribution is -0.121. The van der Waals surface area contributed by atoms with E-state index >= 15 is 0 Å². The number of hydrogen-bond acceptors (Lipinski definition) is 5. The van der Waals surface area contributed by atoms with Crippen LogP contribution in [0, 0.1) is 6.92 Å². The molecule has 1 heterocycles. The van der Waals surface area contributed by atoms with Crippen LogP contribution in [-0.4, -0.2) is 36.9 Å². The Hall–Kier alpha value is -1.44. The first-order valence-electron chi connectivity index (χ1n) is 6.55. The van der Waals surface area contributed by atoms with Gasteiger partial charge >= 0.3 is 0 Å². The number of rotatable bonds is 7. The molecule has 0 spiro atoms. The maximum atomic E-state index is 11.5. The number of likely N-dealkylation sites (N-methyl/N-ethyl adjacent to an activating group) is 1. The topological polar surface area (TPSA) is 87.5 Å². The van der Waals surface area contributed by atoms with Gasteiger partial charge in [0.05, 0.1) is 11.4 Å². The molecule has 0 bridgehead atoms. The van der Waals surface area contributed by atoms with Gasteiger partial charge in [-0.2, -0.15) is 0 Å². The van der Waals surface area contributed by atoms with E-state index in [-0.39, 0.29) is 11.8 Å². The van der Waals surface area contributed by atoms with Crippen LogP contribution in [0.5, 0.6) is 0 Å². The van der Waals surface area contributed by atoms with E-state index in [0.29, 0.717) is 18.0 Å². The van der Waals surface area contributed by atoms with E-state index in [1.807, 2.05) is 13.0 Å². The Kier molecular flexibility index (Phi) is 6.63. The van der Waals surface area contributed by atoms with Crippen molar-refractivity contribution >= 4 is 23.2 Å². The van der Waals surface area contributed by atoms with Gasteiger partial charge in [0.25, 0.3) is 5.91 Å². The molecule has 0 aliphatic heterocycles. The standard InChI is InChI=1S/C13H22N4O2S/c1-4-5-17(8-12(18)15-3)7-10-6-11(13(19)16-14)20-9(10)2/h6H,4-5,7-8,14H2,1-3H3,(H,15,18)(H,16,19). The highest BCUT2D eigenvalue weighted by molar-refractivity contribution is 7.14. The average Bonchev–Trinajstić information content (AvgIpc) is 2.79. The Labute approximate surface area is 123 Å². The summed E-state index contributed by atoms with van der Waals surface area (Å²) in [5.41, 5.74) is 3.20. The predicted molar refractivity (Wildman–Crippen MR) is 80.3 cm³/mol. The second-order valence-corrected chi connectivity index (χ2v) is 5.81. The molecule has 0 atom stereocenters. The molecule has 0 aromatic carbocycles. The summed E-state index contributed by atoms with van der Waals surface area (Å²) in [4.78, 5) is 26.7. The molecule has 0 saturated heterocycles. The summed E-state index contributed by atoms with van der Waals surface area (Å²) < 4.78 is 0. The summed E-state index contributed by atoms with van der Waals surface area (Å²) >= 11 is 1.41. The van der Waals surface area contributed by atoms with E-state index < -0.39 is 0 Å². The zero-order valence-corrected chi connectivity index (χ0v) is 13.0. The fourth-order valence-corrected chi connectivity index (χ4v) is 2.85. The first kappa shape index (κ1) is 16.6. The van der Waals surface area contributed by atoms with Gasteiger partial charge in [0.15, 0.2) is 0 Å². The molecule has 2 amide bonds. The van der Waals surface area contributed by atoms with Gasteiger partial charge in [-0.25, -0.2) is 5.84 Å². The summed E-state index contributed by atoms with van der Waals surface area (Å²) in [6, 6.07) is 1.84. The molecule has 1 aromatic rings. The second-order valence-electron chi connectivity index (χ2n) is 4.55. The molecule has 4 N–H and O–H groups in total. The molecule has 0 saturated carbocycles. The third-order valence-corrected chi connectivity index (χ3v) is 4.05. The maximum Gasteiger partial charge on any atom is 0.275 e. The van der Waals surface area contributed by atoms with Gasteiger partial charge in [-0.15, -0.1) is 11.3 Å². The van der Waals surface area contributed by atoms with Crippen molar-refractivity contribution < 1.29 is 9.59 Å². The molecule has 0 radical (unpaired) electrons. The van der Waals surface area contributed by atoms with Gasteiger partial charge in [-0.05, 0) is 31.5 Å². The number of nitrogens with one attached hydrogen (secondary N) is 2. The molecular weight excluding hydrogens is 276 g/mol. The molecule has 0 unspecified atom stereocenters. The van der Waals surface area contributed by atoms with Gasteiger partial charge in [0, 0.05) is 18.5 Å². The minimum Gasteiger partial charge on any atom is -0.358 e. The van der Waals surface area contributed by atoms with Crippen molar-refractivity contribution in [3.8, 4) is 0 Å². The highest BCUT2D eigenvalue weighted by Crippen LogP contribution is 2.23. The quantitative estimate of drug-likeness (QED) is 0.391. The van der Waals surface area contributed by atoms with Crippen LogP contribution in [-0.2, 0) is 11.3 Å². The predicted octanol–water partition coefficient (Wildman–Crippen LogP) is 0.618. The van der Waals surface area contributed by atoms with Crippen molar-refractivity contribution in [3.63, 3.8) is 0 Å². The number of thiophene rings is 1. The number of amides is 2. The summed E-state index contributed by atoms with van der Waals surface area (Å²) in [6.07, 6.45) is 0.969. The van der Waals surface area contributed by atoms with Crippen LogP contribution in [0.15, 0.2) is 6.07 Å². The van der Waals surface area contributed by atoms with E-state index in [2.05, 4.69) is 22.6 Å². The largest absolute Gasteiger partial charge is 0.358 e. The van der Waals surface area contributed by atoms with Crippen LogP contribution in [0.2, 0.25) is 0 Å².